The molecule has 0 aliphatic carbocycles. The highest BCUT2D eigenvalue weighted by Gasteiger charge is 2.12. The maximum atomic E-state index is 14.0. The van der Waals surface area contributed by atoms with E-state index in [-0.39, 0.29) is 16.1 Å². The van der Waals surface area contributed by atoms with E-state index in [0.717, 1.165) is 6.42 Å². The summed E-state index contributed by atoms with van der Waals surface area (Å²) in [4.78, 5) is 11.1. The summed E-state index contributed by atoms with van der Waals surface area (Å²) in [6.45, 7) is 2.50. The molecule has 0 aromatic heterocycles. The lowest BCUT2D eigenvalue weighted by atomic mass is 10.0. The van der Waals surface area contributed by atoms with Gasteiger partial charge in [-0.3, -0.25) is 0 Å². The molecular formula is C16H14ClFO3. The molecule has 0 unspecified atom stereocenters. The summed E-state index contributed by atoms with van der Waals surface area (Å²) in [6.07, 6.45) is 0.840. The van der Waals surface area contributed by atoms with Crippen molar-refractivity contribution < 1.29 is 19.0 Å². The van der Waals surface area contributed by atoms with Gasteiger partial charge in [0.2, 0.25) is 0 Å². The van der Waals surface area contributed by atoms with E-state index in [9.17, 15) is 9.18 Å². The number of carbonyl (C=O) groups is 1. The van der Waals surface area contributed by atoms with Crippen LogP contribution in [0.4, 0.5) is 4.39 Å². The normalized spacial score (nSPS) is 10.4. The highest BCUT2D eigenvalue weighted by atomic mass is 35.5. The Morgan fingerprint density at radius 2 is 2.05 bits per heavy atom. The van der Waals surface area contributed by atoms with Crippen LogP contribution in [0.2, 0.25) is 5.02 Å². The van der Waals surface area contributed by atoms with Crippen LogP contribution in [0.5, 0.6) is 5.75 Å². The third kappa shape index (κ3) is 3.73. The number of rotatable bonds is 5. The Kier molecular flexibility index (Phi) is 4.81. The molecule has 5 heteroatoms. The number of halogens is 2. The molecule has 0 saturated carbocycles. The van der Waals surface area contributed by atoms with Crippen LogP contribution in [0.1, 0.15) is 23.7 Å². The smallest absolute Gasteiger partial charge is 0.335 e. The highest BCUT2D eigenvalue weighted by Crippen LogP contribution is 2.30. The first kappa shape index (κ1) is 15.3. The molecule has 0 heterocycles. The lowest BCUT2D eigenvalue weighted by Gasteiger charge is -2.09. The van der Waals surface area contributed by atoms with Crippen LogP contribution in [0.25, 0.3) is 11.1 Å². The van der Waals surface area contributed by atoms with Crippen molar-refractivity contribution in [2.24, 2.45) is 0 Å². The highest BCUT2D eigenvalue weighted by molar-refractivity contribution is 6.31. The largest absolute Gasteiger partial charge is 0.494 e. The molecule has 21 heavy (non-hydrogen) atoms. The van der Waals surface area contributed by atoms with Gasteiger partial charge in [-0.25, -0.2) is 9.18 Å². The minimum Gasteiger partial charge on any atom is -0.494 e. The Balaban J connectivity index is 2.47. The van der Waals surface area contributed by atoms with Crippen molar-refractivity contribution >= 4 is 17.6 Å². The molecule has 0 saturated heterocycles. The zero-order valence-electron chi connectivity index (χ0n) is 11.4. The Morgan fingerprint density at radius 1 is 1.29 bits per heavy atom. The summed E-state index contributed by atoms with van der Waals surface area (Å²) < 4.78 is 19.5. The molecular weight excluding hydrogens is 295 g/mol. The van der Waals surface area contributed by atoms with E-state index in [4.69, 9.17) is 21.4 Å². The second-order valence-electron chi connectivity index (χ2n) is 4.52. The zero-order valence-corrected chi connectivity index (χ0v) is 12.2. The summed E-state index contributed by atoms with van der Waals surface area (Å²) in [7, 11) is 0. The summed E-state index contributed by atoms with van der Waals surface area (Å²) in [5, 5.41) is 9.28. The fourth-order valence-electron chi connectivity index (χ4n) is 1.90. The van der Waals surface area contributed by atoms with Gasteiger partial charge in [0.1, 0.15) is 11.6 Å². The molecule has 0 atom stereocenters. The van der Waals surface area contributed by atoms with Crippen molar-refractivity contribution in [3.63, 3.8) is 0 Å². The van der Waals surface area contributed by atoms with Crippen LogP contribution >= 0.6 is 11.6 Å². The van der Waals surface area contributed by atoms with E-state index in [1.54, 1.807) is 6.07 Å². The predicted octanol–water partition coefficient (Wildman–Crippen LogP) is 4.63. The van der Waals surface area contributed by atoms with Gasteiger partial charge >= 0.3 is 5.97 Å². The Bertz CT molecular complexity index is 671. The summed E-state index contributed by atoms with van der Waals surface area (Å²) in [5.41, 5.74) is 0.671. The van der Waals surface area contributed by atoms with Crippen molar-refractivity contribution in [3.8, 4) is 16.9 Å². The van der Waals surface area contributed by atoms with E-state index < -0.39 is 11.8 Å². The van der Waals surface area contributed by atoms with Crippen molar-refractivity contribution in [3.05, 3.63) is 52.8 Å². The van der Waals surface area contributed by atoms with Crippen LogP contribution in [-0.2, 0) is 0 Å². The quantitative estimate of drug-likeness (QED) is 0.875. The van der Waals surface area contributed by atoms with Gasteiger partial charge in [-0.05, 0) is 48.4 Å². The average molecular weight is 309 g/mol. The number of carboxylic acid groups (broad SMARTS) is 1. The Hall–Kier alpha value is -2.07. The molecule has 0 bridgehead atoms. The van der Waals surface area contributed by atoms with E-state index in [1.165, 1.54) is 30.3 Å². The molecule has 1 N–H and O–H groups in total. The number of ether oxygens (including phenoxy) is 1. The molecule has 2 aromatic carbocycles. The van der Waals surface area contributed by atoms with Gasteiger partial charge in [-0.1, -0.05) is 18.5 Å². The van der Waals surface area contributed by atoms with E-state index in [0.29, 0.717) is 17.9 Å². The van der Waals surface area contributed by atoms with Crippen molar-refractivity contribution in [1.82, 2.24) is 0 Å². The maximum absolute atomic E-state index is 14.0. The topological polar surface area (TPSA) is 46.5 Å². The standard InChI is InChI=1S/C16H14ClFO3/c1-2-5-21-13-3-4-15(18)14(9-13)10-6-11(16(19)20)8-12(17)7-10/h3-4,6-9H,2,5H2,1H3,(H,19,20). The monoisotopic (exact) mass is 308 g/mol. The fraction of sp³-hybridized carbons (Fsp3) is 0.188. The van der Waals surface area contributed by atoms with Crippen molar-refractivity contribution in [1.29, 1.82) is 0 Å². The molecule has 110 valence electrons. The number of benzene rings is 2. The molecule has 0 amide bonds. The van der Waals surface area contributed by atoms with E-state index in [1.807, 2.05) is 6.92 Å². The SMILES string of the molecule is CCCOc1ccc(F)c(-c2cc(Cl)cc(C(=O)O)c2)c1. The molecule has 0 fully saturated rings. The summed E-state index contributed by atoms with van der Waals surface area (Å²) in [6, 6.07) is 8.61. The second-order valence-corrected chi connectivity index (χ2v) is 4.96. The number of hydrogen-bond acceptors (Lipinski definition) is 2. The minimum absolute atomic E-state index is 0.0109. The zero-order chi connectivity index (χ0) is 15.4. The molecule has 0 radical (unpaired) electrons. The second kappa shape index (κ2) is 6.59. The number of aromatic carboxylic acids is 1. The molecule has 0 aliphatic rings. The average Bonchev–Trinajstić information content (AvgIpc) is 2.45. The van der Waals surface area contributed by atoms with Gasteiger partial charge in [0.05, 0.1) is 12.2 Å². The molecule has 3 nitrogen and oxygen atoms in total. The van der Waals surface area contributed by atoms with Gasteiger partial charge in [-0.2, -0.15) is 0 Å². The maximum Gasteiger partial charge on any atom is 0.335 e. The molecule has 0 aliphatic heterocycles. The van der Waals surface area contributed by atoms with Gasteiger partial charge in [0.25, 0.3) is 0 Å². The predicted molar refractivity (Wildman–Crippen MR) is 79.6 cm³/mol. The molecule has 2 aromatic rings. The number of hydrogen-bond donors (Lipinski definition) is 1. The minimum atomic E-state index is -1.11. The van der Waals surface area contributed by atoms with Crippen molar-refractivity contribution in [2.45, 2.75) is 13.3 Å². The fourth-order valence-corrected chi connectivity index (χ4v) is 2.14. The van der Waals surface area contributed by atoms with Gasteiger partial charge in [-0.15, -0.1) is 0 Å². The van der Waals surface area contributed by atoms with Gasteiger partial charge in [0, 0.05) is 10.6 Å². The van der Waals surface area contributed by atoms with Crippen LogP contribution in [-0.4, -0.2) is 17.7 Å². The summed E-state index contributed by atoms with van der Waals surface area (Å²) in [5.74, 6) is -1.04. The third-order valence-corrected chi connectivity index (χ3v) is 3.08. The van der Waals surface area contributed by atoms with Crippen LogP contribution in [0.15, 0.2) is 36.4 Å². The van der Waals surface area contributed by atoms with Crippen LogP contribution < -0.4 is 4.74 Å². The first-order valence-electron chi connectivity index (χ1n) is 6.48. The van der Waals surface area contributed by atoms with Crippen LogP contribution in [0.3, 0.4) is 0 Å². The Morgan fingerprint density at radius 3 is 2.71 bits per heavy atom. The third-order valence-electron chi connectivity index (χ3n) is 2.87. The summed E-state index contributed by atoms with van der Waals surface area (Å²) >= 11 is 5.90. The van der Waals surface area contributed by atoms with Gasteiger partial charge < -0.3 is 9.84 Å². The lowest BCUT2D eigenvalue weighted by molar-refractivity contribution is 0.0697. The number of carboxylic acids is 1. The first-order chi connectivity index (χ1) is 10.0. The molecule has 0 spiro atoms. The Labute approximate surface area is 126 Å². The molecule has 2 rings (SSSR count). The van der Waals surface area contributed by atoms with Crippen molar-refractivity contribution in [2.75, 3.05) is 6.61 Å². The van der Waals surface area contributed by atoms with E-state index in [2.05, 4.69) is 0 Å². The van der Waals surface area contributed by atoms with E-state index >= 15 is 0 Å². The van der Waals surface area contributed by atoms with Crippen LogP contribution in [0, 0.1) is 5.82 Å². The lowest BCUT2D eigenvalue weighted by Crippen LogP contribution is -1.98. The van der Waals surface area contributed by atoms with Gasteiger partial charge in [0.15, 0.2) is 0 Å². The first-order valence-corrected chi connectivity index (χ1v) is 6.85.